The maximum atomic E-state index is 13.0. The average molecular weight is 362 g/mol. The van der Waals surface area contributed by atoms with Gasteiger partial charge in [-0.15, -0.1) is 0 Å². The summed E-state index contributed by atoms with van der Waals surface area (Å²) in [5.74, 6) is -0.562. The Morgan fingerprint density at radius 1 is 1.07 bits per heavy atom. The van der Waals surface area contributed by atoms with E-state index >= 15 is 0 Å². The van der Waals surface area contributed by atoms with Crippen LogP contribution in [0.2, 0.25) is 0 Å². The van der Waals surface area contributed by atoms with E-state index in [0.717, 1.165) is 5.56 Å². The first kappa shape index (κ1) is 16.8. The van der Waals surface area contributed by atoms with Crippen molar-refractivity contribution in [1.82, 2.24) is 4.98 Å². The minimum Gasteiger partial charge on any atom is -0.507 e. The molecule has 0 unspecified atom stereocenters. The van der Waals surface area contributed by atoms with Crippen molar-refractivity contribution in [2.45, 2.75) is 6.92 Å². The molecule has 0 aliphatic carbocycles. The molecule has 0 saturated carbocycles. The summed E-state index contributed by atoms with van der Waals surface area (Å²) in [5, 5.41) is 12.9. The number of nitrogens with zero attached hydrogens (tertiary/aromatic N) is 1. The number of nitrogens with one attached hydrogen (secondary N) is 1. The van der Waals surface area contributed by atoms with Crippen molar-refractivity contribution in [3.8, 4) is 17.2 Å². The number of oxazole rings is 1. The Labute approximate surface area is 154 Å². The SMILES string of the molecule is Cc1ccc2oc(-c3cc(NC(=O)c4ccc(F)cc4)ccc3O)nc2c1. The Hall–Kier alpha value is -3.67. The van der Waals surface area contributed by atoms with E-state index in [4.69, 9.17) is 4.42 Å². The fraction of sp³-hybridized carbons (Fsp3) is 0.0476. The van der Waals surface area contributed by atoms with Gasteiger partial charge in [0, 0.05) is 11.3 Å². The van der Waals surface area contributed by atoms with Crippen molar-refractivity contribution in [1.29, 1.82) is 0 Å². The number of carbonyl (C=O) groups is 1. The summed E-state index contributed by atoms with van der Waals surface area (Å²) < 4.78 is 18.7. The van der Waals surface area contributed by atoms with Gasteiger partial charge in [-0.05, 0) is 67.1 Å². The molecule has 3 aromatic carbocycles. The van der Waals surface area contributed by atoms with Gasteiger partial charge in [-0.25, -0.2) is 9.37 Å². The zero-order chi connectivity index (χ0) is 19.0. The third-order valence-electron chi connectivity index (χ3n) is 4.13. The quantitative estimate of drug-likeness (QED) is 0.508. The van der Waals surface area contributed by atoms with Crippen LogP contribution in [-0.4, -0.2) is 16.0 Å². The summed E-state index contributed by atoms with van der Waals surface area (Å²) in [7, 11) is 0. The van der Waals surface area contributed by atoms with Crippen molar-refractivity contribution in [3.05, 3.63) is 77.6 Å². The van der Waals surface area contributed by atoms with Crippen LogP contribution in [0.4, 0.5) is 10.1 Å². The molecule has 4 aromatic rings. The number of phenols is 1. The van der Waals surface area contributed by atoms with Crippen LogP contribution < -0.4 is 5.32 Å². The summed E-state index contributed by atoms with van der Waals surface area (Å²) in [6.07, 6.45) is 0. The van der Waals surface area contributed by atoms with Crippen molar-refractivity contribution in [3.63, 3.8) is 0 Å². The number of halogens is 1. The molecule has 0 bridgehead atoms. The van der Waals surface area contributed by atoms with Crippen LogP contribution in [0.5, 0.6) is 5.75 Å². The van der Waals surface area contributed by atoms with Gasteiger partial charge in [0.2, 0.25) is 5.89 Å². The molecule has 0 radical (unpaired) electrons. The van der Waals surface area contributed by atoms with E-state index in [1.54, 1.807) is 12.1 Å². The number of fused-ring (bicyclic) bond motifs is 1. The number of benzene rings is 3. The Morgan fingerprint density at radius 2 is 1.85 bits per heavy atom. The second-order valence-electron chi connectivity index (χ2n) is 6.18. The van der Waals surface area contributed by atoms with E-state index in [1.807, 2.05) is 25.1 Å². The molecule has 1 aromatic heterocycles. The number of hydrogen-bond donors (Lipinski definition) is 2. The predicted molar refractivity (Wildman–Crippen MR) is 100 cm³/mol. The van der Waals surface area contributed by atoms with Gasteiger partial charge < -0.3 is 14.8 Å². The molecule has 27 heavy (non-hydrogen) atoms. The van der Waals surface area contributed by atoms with Gasteiger partial charge in [-0.2, -0.15) is 0 Å². The van der Waals surface area contributed by atoms with Crippen LogP contribution in [0.3, 0.4) is 0 Å². The predicted octanol–water partition coefficient (Wildman–Crippen LogP) is 4.90. The number of anilines is 1. The van der Waals surface area contributed by atoms with Crippen molar-refractivity contribution in [2.24, 2.45) is 0 Å². The third kappa shape index (κ3) is 3.37. The highest BCUT2D eigenvalue weighted by molar-refractivity contribution is 6.04. The van der Waals surface area contributed by atoms with Crippen LogP contribution in [0, 0.1) is 12.7 Å². The van der Waals surface area contributed by atoms with Gasteiger partial charge in [0.1, 0.15) is 17.1 Å². The first-order valence-electron chi connectivity index (χ1n) is 8.27. The molecule has 6 heteroatoms. The smallest absolute Gasteiger partial charge is 0.255 e. The number of hydrogen-bond acceptors (Lipinski definition) is 4. The highest BCUT2D eigenvalue weighted by Gasteiger charge is 2.14. The van der Waals surface area contributed by atoms with Gasteiger partial charge in [-0.3, -0.25) is 4.79 Å². The highest BCUT2D eigenvalue weighted by atomic mass is 19.1. The number of aromatic nitrogens is 1. The summed E-state index contributed by atoms with van der Waals surface area (Å²) in [6, 6.07) is 15.4. The fourth-order valence-corrected chi connectivity index (χ4v) is 2.74. The molecular formula is C21H15FN2O3. The Bertz CT molecular complexity index is 1150. The van der Waals surface area contributed by atoms with E-state index < -0.39 is 5.82 Å². The summed E-state index contributed by atoms with van der Waals surface area (Å²) >= 11 is 0. The van der Waals surface area contributed by atoms with E-state index in [0.29, 0.717) is 27.9 Å². The van der Waals surface area contributed by atoms with Crippen LogP contribution in [0.15, 0.2) is 65.1 Å². The summed E-state index contributed by atoms with van der Waals surface area (Å²) in [4.78, 5) is 16.7. The molecule has 5 nitrogen and oxygen atoms in total. The lowest BCUT2D eigenvalue weighted by molar-refractivity contribution is 0.102. The first-order chi connectivity index (χ1) is 13.0. The number of amides is 1. The molecule has 0 atom stereocenters. The average Bonchev–Trinajstić information content (AvgIpc) is 3.06. The number of aromatic hydroxyl groups is 1. The third-order valence-corrected chi connectivity index (χ3v) is 4.13. The summed E-state index contributed by atoms with van der Waals surface area (Å²) in [6.45, 7) is 1.96. The number of carbonyl (C=O) groups excluding carboxylic acids is 1. The van der Waals surface area contributed by atoms with Gasteiger partial charge >= 0.3 is 0 Å². The number of aryl methyl sites for hydroxylation is 1. The van der Waals surface area contributed by atoms with Crippen LogP contribution in [0.1, 0.15) is 15.9 Å². The summed E-state index contributed by atoms with van der Waals surface area (Å²) in [5.41, 5.74) is 3.48. The maximum absolute atomic E-state index is 13.0. The number of rotatable bonds is 3. The van der Waals surface area contributed by atoms with Crippen LogP contribution in [-0.2, 0) is 0 Å². The normalized spacial score (nSPS) is 10.9. The highest BCUT2D eigenvalue weighted by Crippen LogP contribution is 2.33. The lowest BCUT2D eigenvalue weighted by atomic mass is 10.1. The molecule has 2 N–H and O–H groups in total. The zero-order valence-electron chi connectivity index (χ0n) is 14.4. The topological polar surface area (TPSA) is 75.4 Å². The zero-order valence-corrected chi connectivity index (χ0v) is 14.4. The standard InChI is InChI=1S/C21H15FN2O3/c1-12-2-9-19-17(10-12)24-21(27-19)16-11-15(7-8-18(16)25)23-20(26)13-3-5-14(22)6-4-13/h2-11,25H,1H3,(H,23,26). The van der Waals surface area contributed by atoms with E-state index in [1.165, 1.54) is 30.3 Å². The van der Waals surface area contributed by atoms with Gasteiger partial charge in [0.25, 0.3) is 5.91 Å². The molecule has 134 valence electrons. The van der Waals surface area contributed by atoms with Crippen molar-refractivity contribution < 1.29 is 18.7 Å². The monoisotopic (exact) mass is 362 g/mol. The van der Waals surface area contributed by atoms with Gasteiger partial charge in [0.15, 0.2) is 5.58 Å². The second kappa shape index (κ2) is 6.57. The van der Waals surface area contributed by atoms with Gasteiger partial charge in [0.05, 0.1) is 5.56 Å². The largest absolute Gasteiger partial charge is 0.507 e. The minimum absolute atomic E-state index is 0.0157. The lowest BCUT2D eigenvalue weighted by Crippen LogP contribution is -2.11. The van der Waals surface area contributed by atoms with Crippen molar-refractivity contribution in [2.75, 3.05) is 5.32 Å². The molecule has 0 fully saturated rings. The molecule has 1 heterocycles. The second-order valence-corrected chi connectivity index (χ2v) is 6.18. The molecule has 4 rings (SSSR count). The minimum atomic E-state index is -0.412. The Kier molecular flexibility index (Phi) is 4.08. The molecular weight excluding hydrogens is 347 g/mol. The van der Waals surface area contributed by atoms with Gasteiger partial charge in [-0.1, -0.05) is 6.07 Å². The van der Waals surface area contributed by atoms with E-state index in [-0.39, 0.29) is 17.5 Å². The van der Waals surface area contributed by atoms with Crippen LogP contribution in [0.25, 0.3) is 22.6 Å². The molecule has 0 aliphatic rings. The Morgan fingerprint density at radius 3 is 2.63 bits per heavy atom. The molecule has 0 aliphatic heterocycles. The molecule has 1 amide bonds. The molecule has 0 spiro atoms. The fourth-order valence-electron chi connectivity index (χ4n) is 2.74. The Balaban J connectivity index is 1.66. The van der Waals surface area contributed by atoms with E-state index in [2.05, 4.69) is 10.3 Å². The van der Waals surface area contributed by atoms with Crippen LogP contribution >= 0.6 is 0 Å². The maximum Gasteiger partial charge on any atom is 0.255 e. The molecule has 0 saturated heterocycles. The van der Waals surface area contributed by atoms with Crippen molar-refractivity contribution >= 4 is 22.7 Å². The van der Waals surface area contributed by atoms with E-state index in [9.17, 15) is 14.3 Å². The number of phenolic OH excluding ortho intramolecular Hbond substituents is 1. The lowest BCUT2D eigenvalue weighted by Gasteiger charge is -2.08. The first-order valence-corrected chi connectivity index (χ1v) is 8.27.